The lowest BCUT2D eigenvalue weighted by molar-refractivity contribution is -0.124. The molecule has 2 aliphatic heterocycles. The number of carbonyl (C=O) groups excluding carboxylic acids is 2. The van der Waals surface area contributed by atoms with Gasteiger partial charge in [-0.1, -0.05) is 68.8 Å². The largest absolute Gasteiger partial charge is 0.494 e. The number of halogens is 3. The van der Waals surface area contributed by atoms with Crippen molar-refractivity contribution in [2.75, 3.05) is 5.32 Å². The first-order valence-corrected chi connectivity index (χ1v) is 15.7. The van der Waals surface area contributed by atoms with Gasteiger partial charge in [0.05, 0.1) is 23.2 Å². The molecule has 2 aromatic carbocycles. The van der Waals surface area contributed by atoms with Crippen LogP contribution in [0.25, 0.3) is 0 Å². The van der Waals surface area contributed by atoms with Gasteiger partial charge in [-0.3, -0.25) is 9.59 Å². The van der Waals surface area contributed by atoms with Crippen LogP contribution >= 0.6 is 23.2 Å². The second kappa shape index (κ2) is 12.0. The molecule has 1 saturated carbocycles. The molecule has 2 amide bonds. The summed E-state index contributed by atoms with van der Waals surface area (Å²) in [6.45, 7) is 12.0. The van der Waals surface area contributed by atoms with E-state index in [4.69, 9.17) is 33.7 Å². The molecule has 5 rings (SSSR count). The molecule has 0 aromatic heterocycles. The highest BCUT2D eigenvalue weighted by Crippen LogP contribution is 2.57. The molecule has 1 aliphatic carbocycles. The van der Waals surface area contributed by atoms with Crippen LogP contribution in [0.2, 0.25) is 10.0 Å². The molecule has 2 heterocycles. The Morgan fingerprint density at radius 3 is 2.56 bits per heavy atom. The highest BCUT2D eigenvalue weighted by atomic mass is 35.5. The number of rotatable bonds is 7. The Kier molecular flexibility index (Phi) is 8.89. The summed E-state index contributed by atoms with van der Waals surface area (Å²) >= 11 is 12.6. The highest BCUT2D eigenvalue weighted by molar-refractivity contribution is 6.31. The van der Waals surface area contributed by atoms with Crippen molar-refractivity contribution in [3.8, 4) is 0 Å². The minimum atomic E-state index is -1.29. The molecule has 0 bridgehead atoms. The molecule has 10 heteroatoms. The molecule has 7 nitrogen and oxygen atoms in total. The summed E-state index contributed by atoms with van der Waals surface area (Å²) in [6, 6.07) is 8.28. The van der Waals surface area contributed by atoms with Crippen LogP contribution < -0.4 is 21.7 Å². The fourth-order valence-electron chi connectivity index (χ4n) is 7.09. The molecule has 3 aliphatic rings. The van der Waals surface area contributed by atoms with Crippen molar-refractivity contribution in [2.45, 2.75) is 101 Å². The van der Waals surface area contributed by atoms with Gasteiger partial charge < -0.3 is 26.4 Å². The molecule has 232 valence electrons. The number of carbonyl (C=O) groups is 2. The lowest BCUT2D eigenvalue weighted by Gasteiger charge is -2.38. The first-order chi connectivity index (χ1) is 20.2. The molecule has 5 N–H and O–H groups in total. The topological polar surface area (TPSA) is 105 Å². The predicted molar refractivity (Wildman–Crippen MR) is 169 cm³/mol. The Morgan fingerprint density at radius 1 is 1.21 bits per heavy atom. The molecule has 5 atom stereocenters. The van der Waals surface area contributed by atoms with E-state index in [0.29, 0.717) is 41.3 Å². The zero-order chi connectivity index (χ0) is 31.3. The number of fused-ring (bicyclic) bond motifs is 2. The van der Waals surface area contributed by atoms with Gasteiger partial charge in [-0.25, -0.2) is 4.39 Å². The number of hydrogen-bond acceptors (Lipinski definition) is 5. The fourth-order valence-corrected chi connectivity index (χ4v) is 7.44. The maximum absolute atomic E-state index is 15.9. The molecular formula is C33H41Cl2FN4O3. The first kappa shape index (κ1) is 31.8. The molecule has 0 radical (unpaired) electrons. The molecule has 2 fully saturated rings. The molecule has 43 heavy (non-hydrogen) atoms. The van der Waals surface area contributed by atoms with E-state index >= 15 is 4.39 Å². The quantitative estimate of drug-likeness (QED) is 0.273. The smallest absolute Gasteiger partial charge is 0.238 e. The summed E-state index contributed by atoms with van der Waals surface area (Å²) in [5, 5.41) is 10.2. The van der Waals surface area contributed by atoms with Gasteiger partial charge in [0.1, 0.15) is 17.0 Å². The van der Waals surface area contributed by atoms with Gasteiger partial charge in [0.2, 0.25) is 11.8 Å². The number of benzene rings is 2. The van der Waals surface area contributed by atoms with E-state index < -0.39 is 29.2 Å². The van der Waals surface area contributed by atoms with Crippen molar-refractivity contribution in [3.63, 3.8) is 0 Å². The number of anilines is 1. The van der Waals surface area contributed by atoms with E-state index in [1.807, 2.05) is 13.0 Å². The Hall–Kier alpha value is -2.65. The first-order valence-electron chi connectivity index (χ1n) is 14.9. The number of amides is 2. The minimum Gasteiger partial charge on any atom is -0.494 e. The van der Waals surface area contributed by atoms with Crippen LogP contribution in [0, 0.1) is 11.2 Å². The van der Waals surface area contributed by atoms with Crippen LogP contribution in [0.5, 0.6) is 0 Å². The lowest BCUT2D eigenvalue weighted by atomic mass is 9.62. The summed E-state index contributed by atoms with van der Waals surface area (Å²) in [6.07, 6.45) is 3.46. The Bertz CT molecular complexity index is 1420. The van der Waals surface area contributed by atoms with Crippen LogP contribution in [0.15, 0.2) is 48.7 Å². The van der Waals surface area contributed by atoms with Crippen molar-refractivity contribution in [2.24, 2.45) is 11.1 Å². The maximum atomic E-state index is 15.9. The summed E-state index contributed by atoms with van der Waals surface area (Å²) in [5.41, 5.74) is 5.86. The van der Waals surface area contributed by atoms with Crippen molar-refractivity contribution < 1.29 is 18.7 Å². The van der Waals surface area contributed by atoms with Gasteiger partial charge in [-0.05, 0) is 73.8 Å². The van der Waals surface area contributed by atoms with Gasteiger partial charge in [0.15, 0.2) is 0 Å². The van der Waals surface area contributed by atoms with Crippen molar-refractivity contribution in [1.82, 2.24) is 10.6 Å². The summed E-state index contributed by atoms with van der Waals surface area (Å²) in [7, 11) is 0. The normalized spacial score (nSPS) is 29.2. The standard InChI is InChI=1S/C33H41Cl2FN4O3/c1-17(37)18(2)43-21-12-10-20(11-13-21)38-30(41)29-27(22-7-6-8-24(35)28(22)36)33(26(40-29)16-32(3,4)5)23-14-9-19(34)15-25(23)39-31(33)42/h6-9,14-15,17,20-21,26-27,29,40H,2,10-13,16,37H2,1,3-5H3,(H,38,41)(H,39,42)/t17-,20?,21?,26+,27-,29+,33-/m0/s1. The van der Waals surface area contributed by atoms with E-state index in [1.165, 1.54) is 6.07 Å². The fraction of sp³-hybridized carbons (Fsp3) is 0.515. The zero-order valence-corrected chi connectivity index (χ0v) is 26.6. The molecule has 1 saturated heterocycles. The van der Waals surface area contributed by atoms with Gasteiger partial charge in [0, 0.05) is 28.7 Å². The third-order valence-corrected chi connectivity index (χ3v) is 9.59. The van der Waals surface area contributed by atoms with Crippen LogP contribution in [0.3, 0.4) is 0 Å². The monoisotopic (exact) mass is 630 g/mol. The van der Waals surface area contributed by atoms with Gasteiger partial charge in [-0.2, -0.15) is 0 Å². The second-order valence-corrected chi connectivity index (χ2v) is 14.3. The summed E-state index contributed by atoms with van der Waals surface area (Å²) < 4.78 is 21.9. The molecule has 0 unspecified atom stereocenters. The Morgan fingerprint density at radius 2 is 1.91 bits per heavy atom. The van der Waals surface area contributed by atoms with Crippen molar-refractivity contribution in [3.05, 3.63) is 75.7 Å². The highest BCUT2D eigenvalue weighted by Gasteiger charge is 2.66. The van der Waals surface area contributed by atoms with Gasteiger partial charge >= 0.3 is 0 Å². The second-order valence-electron chi connectivity index (χ2n) is 13.5. The van der Waals surface area contributed by atoms with Crippen LogP contribution in [0.4, 0.5) is 10.1 Å². The van der Waals surface area contributed by atoms with E-state index in [1.54, 1.807) is 24.3 Å². The number of hydrogen-bond donors (Lipinski definition) is 4. The number of nitrogens with two attached hydrogens (primary N) is 1. The zero-order valence-electron chi connectivity index (χ0n) is 25.1. The molecular weight excluding hydrogens is 590 g/mol. The molecule has 2 aromatic rings. The maximum Gasteiger partial charge on any atom is 0.238 e. The number of nitrogens with one attached hydrogen (secondary N) is 3. The van der Waals surface area contributed by atoms with E-state index in [-0.39, 0.29) is 46.0 Å². The summed E-state index contributed by atoms with van der Waals surface area (Å²) in [5.74, 6) is -1.53. The number of ether oxygens (including phenoxy) is 1. The van der Waals surface area contributed by atoms with Gasteiger partial charge in [-0.15, -0.1) is 0 Å². The van der Waals surface area contributed by atoms with E-state index in [9.17, 15) is 9.59 Å². The molecule has 1 spiro atoms. The van der Waals surface area contributed by atoms with Crippen LogP contribution in [-0.2, 0) is 19.7 Å². The average Bonchev–Trinajstić information content (AvgIpc) is 3.40. The van der Waals surface area contributed by atoms with Crippen molar-refractivity contribution in [1.29, 1.82) is 0 Å². The van der Waals surface area contributed by atoms with Gasteiger partial charge in [0.25, 0.3) is 0 Å². The summed E-state index contributed by atoms with van der Waals surface area (Å²) in [4.78, 5) is 28.5. The van der Waals surface area contributed by atoms with Crippen molar-refractivity contribution >= 4 is 40.7 Å². The van der Waals surface area contributed by atoms with Crippen LogP contribution in [0.1, 0.15) is 76.8 Å². The average molecular weight is 632 g/mol. The SMILES string of the molecule is C=C(OC1CCC(NC(=O)[C@@H]2N[C@H](CC(C)(C)C)[C@]3(C(=O)Nc4cc(Cl)ccc43)[C@H]2c2cccc(Cl)c2F)CC1)[C@H](C)N. The lowest BCUT2D eigenvalue weighted by Crippen LogP contribution is -2.50. The Balaban J connectivity index is 1.52. The van der Waals surface area contributed by atoms with Crippen LogP contribution in [-0.4, -0.2) is 42.1 Å². The minimum absolute atomic E-state index is 0.00508. The van der Waals surface area contributed by atoms with E-state index in [2.05, 4.69) is 43.3 Å². The predicted octanol–water partition coefficient (Wildman–Crippen LogP) is 6.19. The third-order valence-electron chi connectivity index (χ3n) is 9.07. The third kappa shape index (κ3) is 6.04. The van der Waals surface area contributed by atoms with E-state index in [0.717, 1.165) is 12.8 Å². The Labute approximate surface area is 263 Å².